The van der Waals surface area contributed by atoms with Crippen molar-refractivity contribution in [2.75, 3.05) is 6.54 Å². The molecule has 1 amide bonds. The number of benzene rings is 2. The number of carbonyl (C=O) groups excluding carboxylic acids is 1. The number of nitrogens with zero attached hydrogens (tertiary/aromatic N) is 3. The highest BCUT2D eigenvalue weighted by Crippen LogP contribution is 2.25. The standard InChI is InChI=1S/C28H31N3O3S/c1-5-16-31(18-25-29-30-26(34-25)24-7-6-17-35-24)27(32)21-10-8-20(9-11-21)19-33-23-14-12-22(13-15-23)28(2,3)4/h6-15,17H,5,16,18-19H2,1-4H3. The second-order valence-electron chi connectivity index (χ2n) is 9.46. The van der Waals surface area contributed by atoms with E-state index in [-0.39, 0.29) is 17.9 Å². The van der Waals surface area contributed by atoms with Gasteiger partial charge in [0.05, 0.1) is 11.4 Å². The average Bonchev–Trinajstić information content (AvgIpc) is 3.54. The van der Waals surface area contributed by atoms with Crippen molar-refractivity contribution in [3.63, 3.8) is 0 Å². The molecular weight excluding hydrogens is 458 g/mol. The summed E-state index contributed by atoms with van der Waals surface area (Å²) < 4.78 is 11.7. The van der Waals surface area contributed by atoms with Crippen LogP contribution in [0.25, 0.3) is 10.8 Å². The van der Waals surface area contributed by atoms with Gasteiger partial charge >= 0.3 is 0 Å². The molecule has 2 aromatic heterocycles. The molecule has 0 radical (unpaired) electrons. The van der Waals surface area contributed by atoms with Crippen molar-refractivity contribution in [2.45, 2.75) is 52.7 Å². The number of thiophene rings is 1. The minimum atomic E-state index is -0.0621. The number of hydrogen-bond acceptors (Lipinski definition) is 6. The van der Waals surface area contributed by atoms with E-state index in [1.54, 1.807) is 4.90 Å². The zero-order chi connectivity index (χ0) is 24.8. The summed E-state index contributed by atoms with van der Waals surface area (Å²) in [6.45, 7) is 9.94. The van der Waals surface area contributed by atoms with Crippen molar-refractivity contribution in [1.29, 1.82) is 0 Å². The van der Waals surface area contributed by atoms with Gasteiger partial charge in [0.1, 0.15) is 12.4 Å². The number of carbonyl (C=O) groups is 1. The van der Waals surface area contributed by atoms with E-state index in [0.717, 1.165) is 22.6 Å². The second-order valence-corrected chi connectivity index (χ2v) is 10.4. The van der Waals surface area contributed by atoms with Crippen LogP contribution < -0.4 is 4.74 Å². The molecule has 0 unspecified atom stereocenters. The smallest absolute Gasteiger partial charge is 0.257 e. The summed E-state index contributed by atoms with van der Waals surface area (Å²) in [6.07, 6.45) is 0.831. The number of amides is 1. The SMILES string of the molecule is CCCN(Cc1nnc(-c2cccs2)o1)C(=O)c1ccc(COc2ccc(C(C)(C)C)cc2)cc1. The van der Waals surface area contributed by atoms with E-state index in [2.05, 4.69) is 43.1 Å². The highest BCUT2D eigenvalue weighted by Gasteiger charge is 2.19. The summed E-state index contributed by atoms with van der Waals surface area (Å²) >= 11 is 1.54. The topological polar surface area (TPSA) is 68.5 Å². The molecule has 0 N–H and O–H groups in total. The maximum Gasteiger partial charge on any atom is 0.257 e. The lowest BCUT2D eigenvalue weighted by Crippen LogP contribution is -2.31. The van der Waals surface area contributed by atoms with Gasteiger partial charge in [0, 0.05) is 12.1 Å². The van der Waals surface area contributed by atoms with Crippen molar-refractivity contribution in [3.8, 4) is 16.5 Å². The van der Waals surface area contributed by atoms with Gasteiger partial charge in [0.25, 0.3) is 11.8 Å². The zero-order valence-electron chi connectivity index (χ0n) is 20.7. The highest BCUT2D eigenvalue weighted by atomic mass is 32.1. The fraction of sp³-hybridized carbons (Fsp3) is 0.321. The van der Waals surface area contributed by atoms with Crippen molar-refractivity contribution >= 4 is 17.2 Å². The molecule has 6 nitrogen and oxygen atoms in total. The fourth-order valence-corrected chi connectivity index (χ4v) is 4.29. The van der Waals surface area contributed by atoms with Crippen LogP contribution in [0.15, 0.2) is 70.5 Å². The van der Waals surface area contributed by atoms with E-state index in [0.29, 0.717) is 30.5 Å². The first kappa shape index (κ1) is 24.7. The fourth-order valence-electron chi connectivity index (χ4n) is 3.65. The largest absolute Gasteiger partial charge is 0.489 e. The quantitative estimate of drug-likeness (QED) is 0.261. The Bertz CT molecular complexity index is 1220. The van der Waals surface area contributed by atoms with Crippen LogP contribution >= 0.6 is 11.3 Å². The summed E-state index contributed by atoms with van der Waals surface area (Å²) in [7, 11) is 0. The summed E-state index contributed by atoms with van der Waals surface area (Å²) in [5.41, 5.74) is 3.01. The summed E-state index contributed by atoms with van der Waals surface area (Å²) in [4.78, 5) is 15.8. The van der Waals surface area contributed by atoms with E-state index in [1.807, 2.05) is 60.8 Å². The first-order valence-corrected chi connectivity index (χ1v) is 12.7. The Balaban J connectivity index is 1.37. The van der Waals surface area contributed by atoms with E-state index < -0.39 is 0 Å². The first-order valence-electron chi connectivity index (χ1n) is 11.8. The van der Waals surface area contributed by atoms with Crippen molar-refractivity contribution in [1.82, 2.24) is 15.1 Å². The Hall–Kier alpha value is -3.45. The number of ether oxygens (including phenoxy) is 1. The molecule has 0 spiro atoms. The van der Waals surface area contributed by atoms with E-state index in [1.165, 1.54) is 16.9 Å². The van der Waals surface area contributed by atoms with Crippen LogP contribution in [0.1, 0.15) is 61.5 Å². The Morgan fingerprint density at radius 2 is 1.77 bits per heavy atom. The summed E-state index contributed by atoms with van der Waals surface area (Å²) in [5, 5.41) is 10.2. The van der Waals surface area contributed by atoms with Gasteiger partial charge in [-0.05, 0) is 58.7 Å². The minimum Gasteiger partial charge on any atom is -0.489 e. The van der Waals surface area contributed by atoms with Gasteiger partial charge < -0.3 is 14.1 Å². The monoisotopic (exact) mass is 489 g/mol. The van der Waals surface area contributed by atoms with Gasteiger partial charge in [-0.1, -0.05) is 58.0 Å². The lowest BCUT2D eigenvalue weighted by Gasteiger charge is -2.20. The van der Waals surface area contributed by atoms with Crippen LogP contribution in [0.2, 0.25) is 0 Å². The van der Waals surface area contributed by atoms with E-state index >= 15 is 0 Å². The van der Waals surface area contributed by atoms with Crippen LogP contribution in [0.4, 0.5) is 0 Å². The van der Waals surface area contributed by atoms with E-state index in [9.17, 15) is 4.79 Å². The van der Waals surface area contributed by atoms with Crippen LogP contribution in [-0.2, 0) is 18.6 Å². The molecule has 7 heteroatoms. The van der Waals surface area contributed by atoms with Crippen molar-refractivity contribution < 1.29 is 13.9 Å². The van der Waals surface area contributed by atoms with E-state index in [4.69, 9.17) is 9.15 Å². The lowest BCUT2D eigenvalue weighted by molar-refractivity contribution is 0.0728. The maximum absolute atomic E-state index is 13.2. The van der Waals surface area contributed by atoms with Crippen LogP contribution in [0, 0.1) is 0 Å². The molecule has 0 atom stereocenters. The van der Waals surface area contributed by atoms with Gasteiger partial charge in [0.15, 0.2) is 0 Å². The molecule has 182 valence electrons. The van der Waals surface area contributed by atoms with Gasteiger partial charge in [-0.2, -0.15) is 0 Å². The molecule has 0 aliphatic carbocycles. The summed E-state index contributed by atoms with van der Waals surface area (Å²) in [6, 6.07) is 19.6. The Morgan fingerprint density at radius 1 is 1.03 bits per heavy atom. The molecule has 0 aliphatic rings. The lowest BCUT2D eigenvalue weighted by atomic mass is 9.87. The molecule has 0 saturated heterocycles. The molecular formula is C28H31N3O3S. The number of rotatable bonds is 9. The molecule has 0 bridgehead atoms. The molecule has 2 aromatic carbocycles. The predicted molar refractivity (Wildman–Crippen MR) is 139 cm³/mol. The van der Waals surface area contributed by atoms with Gasteiger partial charge in [-0.3, -0.25) is 4.79 Å². The van der Waals surface area contributed by atoms with Crippen LogP contribution in [0.5, 0.6) is 5.75 Å². The molecule has 0 aliphatic heterocycles. The minimum absolute atomic E-state index is 0.0621. The predicted octanol–water partition coefficient (Wildman–Crippen LogP) is 6.73. The molecule has 4 aromatic rings. The summed E-state index contributed by atoms with van der Waals surface area (Å²) in [5.74, 6) is 1.68. The molecule has 4 rings (SSSR count). The number of aromatic nitrogens is 2. The van der Waals surface area contributed by atoms with Crippen LogP contribution in [-0.4, -0.2) is 27.5 Å². The third-order valence-corrected chi connectivity index (χ3v) is 6.49. The average molecular weight is 490 g/mol. The third-order valence-electron chi connectivity index (χ3n) is 5.63. The zero-order valence-corrected chi connectivity index (χ0v) is 21.5. The van der Waals surface area contributed by atoms with Crippen molar-refractivity contribution in [2.24, 2.45) is 0 Å². The van der Waals surface area contributed by atoms with Gasteiger partial charge in [0.2, 0.25) is 5.89 Å². The first-order chi connectivity index (χ1) is 16.8. The van der Waals surface area contributed by atoms with Gasteiger partial charge in [-0.15, -0.1) is 21.5 Å². The highest BCUT2D eigenvalue weighted by molar-refractivity contribution is 7.13. The van der Waals surface area contributed by atoms with Gasteiger partial charge in [-0.25, -0.2) is 0 Å². The van der Waals surface area contributed by atoms with Crippen molar-refractivity contribution in [3.05, 3.63) is 88.6 Å². The normalized spacial score (nSPS) is 11.4. The molecule has 0 fully saturated rings. The Labute approximate surface area is 210 Å². The third kappa shape index (κ3) is 6.36. The number of hydrogen-bond donors (Lipinski definition) is 0. The second kappa shape index (κ2) is 10.9. The molecule has 0 saturated carbocycles. The van der Waals surface area contributed by atoms with Crippen LogP contribution in [0.3, 0.4) is 0 Å². The Morgan fingerprint density at radius 3 is 2.40 bits per heavy atom. The molecule has 35 heavy (non-hydrogen) atoms. The Kier molecular flexibility index (Phi) is 7.66. The molecule has 2 heterocycles. The maximum atomic E-state index is 13.2.